The number of thiazole rings is 1. The summed E-state index contributed by atoms with van der Waals surface area (Å²) in [6, 6.07) is 7.26. The van der Waals surface area contributed by atoms with Crippen LogP contribution in [0.4, 0.5) is 0 Å². The molecule has 0 unspecified atom stereocenters. The molecular formula is C15H17N9O4S3. The number of nitrogens with zero attached hydrogens (tertiary/aromatic N) is 2. The molecule has 0 bridgehead atoms. The molecule has 12 N–H and O–H groups in total. The molecule has 0 aliphatic rings. The Balaban J connectivity index is 2.55. The number of hydrogen-bond acceptors (Lipinski definition) is 10. The molecule has 1 heterocycles. The first-order chi connectivity index (χ1) is 14.4. The van der Waals surface area contributed by atoms with Crippen LogP contribution in [0.3, 0.4) is 0 Å². The van der Waals surface area contributed by atoms with E-state index in [1.165, 1.54) is 6.07 Å². The van der Waals surface area contributed by atoms with Crippen LogP contribution in [0.2, 0.25) is 0 Å². The molecule has 164 valence electrons. The zero-order chi connectivity index (χ0) is 23.1. The number of benzene rings is 2. The van der Waals surface area contributed by atoms with Crippen molar-refractivity contribution in [3.05, 3.63) is 40.9 Å². The fourth-order valence-electron chi connectivity index (χ4n) is 2.96. The molecule has 0 aliphatic carbocycles. The Kier molecular flexibility index (Phi) is 5.70. The molecule has 0 spiro atoms. The number of aromatic nitrogens is 1. The summed E-state index contributed by atoms with van der Waals surface area (Å²) >= 11 is 1.14. The Hall–Kier alpha value is -3.15. The molecular weight excluding hydrogens is 466 g/mol. The van der Waals surface area contributed by atoms with Crippen LogP contribution in [-0.4, -0.2) is 33.5 Å². The Labute approximate surface area is 180 Å². The van der Waals surface area contributed by atoms with Crippen LogP contribution in [0.25, 0.3) is 21.3 Å². The lowest BCUT2D eigenvalue weighted by Gasteiger charge is -2.17. The van der Waals surface area contributed by atoms with Gasteiger partial charge in [-0.1, -0.05) is 18.2 Å². The number of hydrazone groups is 1. The Bertz CT molecular complexity index is 1460. The number of hydrazine groups is 1. The van der Waals surface area contributed by atoms with Gasteiger partial charge in [0.05, 0.1) is 10.2 Å². The third kappa shape index (κ3) is 4.20. The number of rotatable bonds is 6. The van der Waals surface area contributed by atoms with Gasteiger partial charge in [-0.2, -0.15) is 0 Å². The molecule has 2 aromatic carbocycles. The van der Waals surface area contributed by atoms with Crippen LogP contribution >= 0.6 is 11.3 Å². The number of nitrogens with two attached hydrogens (primary N) is 5. The molecule has 0 aliphatic heterocycles. The number of primary sulfonamides is 2. The summed E-state index contributed by atoms with van der Waals surface area (Å²) in [7, 11) is -9.18. The van der Waals surface area contributed by atoms with Crippen LogP contribution in [0.15, 0.2) is 45.2 Å². The first-order valence-corrected chi connectivity index (χ1v) is 12.0. The predicted molar refractivity (Wildman–Crippen MR) is 117 cm³/mol. The van der Waals surface area contributed by atoms with E-state index in [-0.39, 0.29) is 22.0 Å². The van der Waals surface area contributed by atoms with E-state index >= 15 is 0 Å². The lowest BCUT2D eigenvalue weighted by atomic mass is 9.98. The molecule has 0 fully saturated rings. The highest BCUT2D eigenvalue weighted by molar-refractivity contribution is 7.92. The van der Waals surface area contributed by atoms with Gasteiger partial charge in [-0.05, 0) is 17.7 Å². The highest BCUT2D eigenvalue weighted by Crippen LogP contribution is 2.37. The maximum atomic E-state index is 12.4. The van der Waals surface area contributed by atoms with E-state index < -0.39 is 35.7 Å². The van der Waals surface area contributed by atoms with Gasteiger partial charge in [0, 0.05) is 11.1 Å². The van der Waals surface area contributed by atoms with Gasteiger partial charge in [-0.3, -0.25) is 5.41 Å². The SMILES string of the molecule is N=C(N)c1nc2c(-c3ccc(S(N)(=O)=O)c(S(N)(=O)=O)c3/C(N)=N/NN)cccc2s1. The second kappa shape index (κ2) is 7.84. The van der Waals surface area contributed by atoms with Gasteiger partial charge < -0.3 is 11.5 Å². The summed E-state index contributed by atoms with van der Waals surface area (Å²) in [6.45, 7) is 0. The standard InChI is InChI=1S/C15H17N9O4S3/c16-13(17)15-22-11-7(2-1-3-8(11)29-15)6-4-5-9(30(20,25)26)12(31(21,27)28)10(6)14(18)23-24-19/h1-5,24H,19H2,(H3,16,17)(H2,18,23)(H2,20,25,26)(H2,21,27,28). The van der Waals surface area contributed by atoms with E-state index in [1.54, 1.807) is 18.2 Å². The van der Waals surface area contributed by atoms with Gasteiger partial charge in [0.15, 0.2) is 16.7 Å². The van der Waals surface area contributed by atoms with Crippen LogP contribution in [0, 0.1) is 5.41 Å². The minimum Gasteiger partial charge on any atom is -0.382 e. The summed E-state index contributed by atoms with van der Waals surface area (Å²) in [5, 5.41) is 22.0. The number of sulfonamides is 2. The largest absolute Gasteiger partial charge is 0.382 e. The maximum Gasteiger partial charge on any atom is 0.240 e. The van der Waals surface area contributed by atoms with Crippen molar-refractivity contribution in [2.24, 2.45) is 32.7 Å². The topological polar surface area (TPSA) is 260 Å². The van der Waals surface area contributed by atoms with Gasteiger partial charge in [-0.25, -0.2) is 43.5 Å². The first kappa shape index (κ1) is 22.5. The van der Waals surface area contributed by atoms with Crippen molar-refractivity contribution in [1.82, 2.24) is 10.5 Å². The molecule has 0 radical (unpaired) electrons. The molecule has 31 heavy (non-hydrogen) atoms. The first-order valence-electron chi connectivity index (χ1n) is 8.12. The van der Waals surface area contributed by atoms with Gasteiger partial charge in [0.25, 0.3) is 0 Å². The lowest BCUT2D eigenvalue weighted by molar-refractivity contribution is 0.584. The Morgan fingerprint density at radius 1 is 1.03 bits per heavy atom. The molecule has 0 saturated carbocycles. The van der Waals surface area contributed by atoms with E-state index in [2.05, 4.69) is 10.1 Å². The van der Waals surface area contributed by atoms with Crippen LogP contribution < -0.4 is 33.1 Å². The van der Waals surface area contributed by atoms with Crippen molar-refractivity contribution in [3.8, 4) is 11.1 Å². The summed E-state index contributed by atoms with van der Waals surface area (Å²) < 4.78 is 49.6. The Morgan fingerprint density at radius 3 is 2.26 bits per heavy atom. The molecule has 3 aromatic rings. The van der Waals surface area contributed by atoms with E-state index in [9.17, 15) is 16.8 Å². The van der Waals surface area contributed by atoms with E-state index in [0.29, 0.717) is 15.8 Å². The van der Waals surface area contributed by atoms with Gasteiger partial charge in [-0.15, -0.1) is 16.4 Å². The molecule has 16 heteroatoms. The van der Waals surface area contributed by atoms with Crippen molar-refractivity contribution in [2.45, 2.75) is 9.79 Å². The second-order valence-electron chi connectivity index (χ2n) is 6.12. The van der Waals surface area contributed by atoms with Gasteiger partial charge >= 0.3 is 0 Å². The van der Waals surface area contributed by atoms with Gasteiger partial charge in [0.2, 0.25) is 20.0 Å². The fourth-order valence-corrected chi connectivity index (χ4v) is 5.97. The number of nitrogen functional groups attached to an aromatic ring is 1. The van der Waals surface area contributed by atoms with Crippen molar-refractivity contribution in [3.63, 3.8) is 0 Å². The lowest BCUT2D eigenvalue weighted by Crippen LogP contribution is -2.29. The third-order valence-corrected chi connectivity index (χ3v) is 7.22. The monoisotopic (exact) mass is 483 g/mol. The van der Waals surface area contributed by atoms with E-state index in [1.807, 2.05) is 5.53 Å². The summed E-state index contributed by atoms with van der Waals surface area (Å²) in [5.74, 6) is 4.46. The number of fused-ring (bicyclic) bond motifs is 1. The fraction of sp³-hybridized carbons (Fsp3) is 0. The molecule has 3 rings (SSSR count). The normalized spacial score (nSPS) is 12.8. The van der Waals surface area contributed by atoms with Crippen molar-refractivity contribution in [1.29, 1.82) is 5.41 Å². The molecule has 13 nitrogen and oxygen atoms in total. The second-order valence-corrected chi connectivity index (χ2v) is 10.2. The molecule has 0 saturated heterocycles. The molecule has 0 amide bonds. The number of amidine groups is 2. The number of para-hydroxylation sites is 1. The summed E-state index contributed by atoms with van der Waals surface area (Å²) in [5.41, 5.74) is 13.9. The van der Waals surface area contributed by atoms with Crippen molar-refractivity contribution >= 4 is 53.3 Å². The predicted octanol–water partition coefficient (Wildman–Crippen LogP) is -1.37. The molecule has 1 aromatic heterocycles. The third-order valence-electron chi connectivity index (χ3n) is 4.09. The van der Waals surface area contributed by atoms with Crippen LogP contribution in [0.1, 0.15) is 10.6 Å². The minimum atomic E-state index is -4.66. The number of nitrogens with one attached hydrogen (secondary N) is 2. The van der Waals surface area contributed by atoms with Crippen molar-refractivity contribution < 1.29 is 16.8 Å². The quantitative estimate of drug-likeness (QED) is 0.0941. The number of hydrogen-bond donors (Lipinski definition) is 7. The minimum absolute atomic E-state index is 0.138. The zero-order valence-corrected chi connectivity index (χ0v) is 18.0. The smallest absolute Gasteiger partial charge is 0.240 e. The summed E-state index contributed by atoms with van der Waals surface area (Å²) in [6.07, 6.45) is 0. The maximum absolute atomic E-state index is 12.4. The summed E-state index contributed by atoms with van der Waals surface area (Å²) in [4.78, 5) is 2.71. The highest BCUT2D eigenvalue weighted by Gasteiger charge is 2.30. The molecule has 0 atom stereocenters. The van der Waals surface area contributed by atoms with Crippen LogP contribution in [-0.2, 0) is 20.0 Å². The zero-order valence-electron chi connectivity index (χ0n) is 15.5. The van der Waals surface area contributed by atoms with Gasteiger partial charge in [0.1, 0.15) is 9.79 Å². The average Bonchev–Trinajstić information content (AvgIpc) is 3.10. The van der Waals surface area contributed by atoms with E-state index in [4.69, 9.17) is 33.0 Å². The average molecular weight is 484 g/mol. The Morgan fingerprint density at radius 2 is 1.71 bits per heavy atom. The van der Waals surface area contributed by atoms with Crippen LogP contribution in [0.5, 0.6) is 0 Å². The highest BCUT2D eigenvalue weighted by atomic mass is 32.2. The van der Waals surface area contributed by atoms with Crippen molar-refractivity contribution in [2.75, 3.05) is 0 Å². The van der Waals surface area contributed by atoms with E-state index in [0.717, 1.165) is 17.4 Å².